The predicted molar refractivity (Wildman–Crippen MR) is 113 cm³/mol. The van der Waals surface area contributed by atoms with Crippen molar-refractivity contribution in [2.75, 3.05) is 4.90 Å². The molecule has 156 valence electrons. The first-order valence-electron chi connectivity index (χ1n) is 10.4. The molecule has 0 spiro atoms. The summed E-state index contributed by atoms with van der Waals surface area (Å²) in [4.78, 5) is 37.6. The molecule has 0 bridgehead atoms. The second-order valence-corrected chi connectivity index (χ2v) is 9.10. The lowest BCUT2D eigenvalue weighted by atomic mass is 9.78. The maximum Gasteiger partial charge on any atom is 0.296 e. The standard InChI is InChI=1S/C23H18FN3O3S/c24-12-8-9-14-17(11-12)31-23(26-14)27-19(15-6-3-4-10-25-15)18-20(28)13-5-1-2-7-16(13)30-21(18)22(27)29/h3-4,6,8-11,13,16,19H,1-2,5,7H2. The molecule has 1 aliphatic carbocycles. The van der Waals surface area contributed by atoms with Crippen LogP contribution in [0, 0.1) is 11.7 Å². The Hall–Kier alpha value is -3.13. The number of hydrogen-bond donors (Lipinski definition) is 0. The zero-order valence-corrected chi connectivity index (χ0v) is 17.3. The van der Waals surface area contributed by atoms with Gasteiger partial charge in [-0.3, -0.25) is 19.5 Å². The monoisotopic (exact) mass is 435 g/mol. The van der Waals surface area contributed by atoms with E-state index in [0.29, 0.717) is 26.6 Å². The van der Waals surface area contributed by atoms with Crippen LogP contribution in [0.25, 0.3) is 10.2 Å². The minimum absolute atomic E-state index is 0.0235. The Labute approximate surface area is 181 Å². The number of rotatable bonds is 2. The van der Waals surface area contributed by atoms with Crippen molar-refractivity contribution >= 4 is 38.4 Å². The first-order valence-corrected chi connectivity index (χ1v) is 11.2. The van der Waals surface area contributed by atoms with E-state index in [4.69, 9.17) is 4.74 Å². The van der Waals surface area contributed by atoms with E-state index in [-0.39, 0.29) is 35.3 Å². The van der Waals surface area contributed by atoms with Crippen LogP contribution in [0.5, 0.6) is 0 Å². The van der Waals surface area contributed by atoms with E-state index in [1.807, 2.05) is 6.07 Å². The molecule has 8 heteroatoms. The molecule has 3 aromatic rings. The van der Waals surface area contributed by atoms with Crippen LogP contribution >= 0.6 is 11.3 Å². The number of fused-ring (bicyclic) bond motifs is 2. The van der Waals surface area contributed by atoms with E-state index < -0.39 is 6.04 Å². The van der Waals surface area contributed by atoms with Gasteiger partial charge < -0.3 is 4.74 Å². The molecule has 1 saturated carbocycles. The van der Waals surface area contributed by atoms with Crippen LogP contribution in [0.2, 0.25) is 0 Å². The number of carbonyl (C=O) groups excluding carboxylic acids is 2. The average molecular weight is 435 g/mol. The Morgan fingerprint density at radius 1 is 1.13 bits per heavy atom. The minimum atomic E-state index is -0.704. The van der Waals surface area contributed by atoms with Crippen LogP contribution in [0.1, 0.15) is 37.4 Å². The van der Waals surface area contributed by atoms with E-state index in [1.54, 1.807) is 24.4 Å². The van der Waals surface area contributed by atoms with Crippen molar-refractivity contribution in [2.24, 2.45) is 5.92 Å². The molecule has 6 nitrogen and oxygen atoms in total. The van der Waals surface area contributed by atoms with Crippen molar-refractivity contribution in [2.45, 2.75) is 37.8 Å². The van der Waals surface area contributed by atoms with Gasteiger partial charge in [0.05, 0.1) is 27.4 Å². The van der Waals surface area contributed by atoms with Crippen molar-refractivity contribution in [3.05, 3.63) is 65.4 Å². The predicted octanol–water partition coefficient (Wildman–Crippen LogP) is 4.33. The second kappa shape index (κ2) is 6.95. The number of benzene rings is 1. The van der Waals surface area contributed by atoms with Gasteiger partial charge in [-0.1, -0.05) is 23.8 Å². The van der Waals surface area contributed by atoms with E-state index in [9.17, 15) is 14.0 Å². The first-order chi connectivity index (χ1) is 15.1. The number of hydrogen-bond acceptors (Lipinski definition) is 6. The molecular weight excluding hydrogens is 417 g/mol. The Balaban J connectivity index is 1.51. The molecule has 3 unspecified atom stereocenters. The topological polar surface area (TPSA) is 72.4 Å². The fraction of sp³-hybridized carbons (Fsp3) is 0.304. The van der Waals surface area contributed by atoms with Gasteiger partial charge in [0, 0.05) is 6.20 Å². The number of aromatic nitrogens is 2. The SMILES string of the molecule is O=C1C2=C(OC3CCCCC13)C(=O)N(c1nc3ccc(F)cc3s1)C2c1ccccn1. The molecule has 1 aromatic carbocycles. The van der Waals surface area contributed by atoms with Crippen molar-refractivity contribution in [1.29, 1.82) is 0 Å². The molecule has 0 N–H and O–H groups in total. The summed E-state index contributed by atoms with van der Waals surface area (Å²) in [6.45, 7) is 0. The first kappa shape index (κ1) is 18.6. The summed E-state index contributed by atoms with van der Waals surface area (Å²) in [5.41, 5.74) is 1.55. The molecular formula is C23H18FN3O3S. The van der Waals surface area contributed by atoms with Gasteiger partial charge in [0.25, 0.3) is 5.91 Å². The Morgan fingerprint density at radius 3 is 2.84 bits per heavy atom. The van der Waals surface area contributed by atoms with Crippen LogP contribution in [0.15, 0.2) is 53.9 Å². The maximum atomic E-state index is 13.7. The van der Waals surface area contributed by atoms with Crippen LogP contribution < -0.4 is 4.90 Å². The van der Waals surface area contributed by atoms with Crippen LogP contribution in [0.3, 0.4) is 0 Å². The fourth-order valence-corrected chi connectivity index (χ4v) is 5.87. The molecule has 0 radical (unpaired) electrons. The molecule has 31 heavy (non-hydrogen) atoms. The molecule has 1 fully saturated rings. The number of pyridine rings is 1. The number of thiazole rings is 1. The summed E-state index contributed by atoms with van der Waals surface area (Å²) in [6.07, 6.45) is 4.90. The van der Waals surface area contributed by atoms with Gasteiger partial charge in [-0.15, -0.1) is 0 Å². The quantitative estimate of drug-likeness (QED) is 0.599. The van der Waals surface area contributed by atoms with E-state index >= 15 is 0 Å². The van der Waals surface area contributed by atoms with Crippen molar-refractivity contribution in [1.82, 2.24) is 9.97 Å². The average Bonchev–Trinajstić information content (AvgIpc) is 3.33. The van der Waals surface area contributed by atoms with Gasteiger partial charge in [0.2, 0.25) is 0 Å². The second-order valence-electron chi connectivity index (χ2n) is 8.10. The maximum absolute atomic E-state index is 13.7. The molecule has 2 aliphatic heterocycles. The minimum Gasteiger partial charge on any atom is -0.483 e. The largest absolute Gasteiger partial charge is 0.483 e. The van der Waals surface area contributed by atoms with E-state index in [1.165, 1.54) is 28.4 Å². The molecule has 1 amide bonds. The summed E-state index contributed by atoms with van der Waals surface area (Å²) >= 11 is 1.22. The number of carbonyl (C=O) groups is 2. The van der Waals surface area contributed by atoms with Crippen LogP contribution in [-0.4, -0.2) is 27.8 Å². The zero-order chi connectivity index (χ0) is 21.1. The summed E-state index contributed by atoms with van der Waals surface area (Å²) in [6, 6.07) is 9.04. The highest BCUT2D eigenvalue weighted by Crippen LogP contribution is 2.48. The molecule has 6 rings (SSSR count). The Kier molecular flexibility index (Phi) is 4.17. The number of anilines is 1. The third-order valence-corrected chi connectivity index (χ3v) is 7.29. The van der Waals surface area contributed by atoms with Gasteiger partial charge in [-0.25, -0.2) is 9.37 Å². The van der Waals surface area contributed by atoms with Crippen LogP contribution in [0.4, 0.5) is 9.52 Å². The number of ether oxygens (including phenoxy) is 1. The van der Waals surface area contributed by atoms with Gasteiger partial charge in [0.15, 0.2) is 16.7 Å². The normalized spacial score (nSPS) is 25.6. The number of amides is 1. The highest BCUT2D eigenvalue weighted by Gasteiger charge is 2.53. The van der Waals surface area contributed by atoms with Crippen molar-refractivity contribution in [3.63, 3.8) is 0 Å². The summed E-state index contributed by atoms with van der Waals surface area (Å²) < 4.78 is 20.5. The van der Waals surface area contributed by atoms with Gasteiger partial charge in [-0.2, -0.15) is 0 Å². The Bertz CT molecular complexity index is 1260. The van der Waals surface area contributed by atoms with E-state index in [0.717, 1.165) is 25.7 Å². The van der Waals surface area contributed by atoms with Crippen molar-refractivity contribution < 1.29 is 18.7 Å². The summed E-state index contributed by atoms with van der Waals surface area (Å²) in [7, 11) is 0. The lowest BCUT2D eigenvalue weighted by molar-refractivity contribution is -0.131. The smallest absolute Gasteiger partial charge is 0.296 e. The van der Waals surface area contributed by atoms with Gasteiger partial charge in [0.1, 0.15) is 18.0 Å². The molecule has 4 heterocycles. The third-order valence-electron chi connectivity index (χ3n) is 6.28. The fourth-order valence-electron chi connectivity index (χ4n) is 4.85. The number of ketones is 1. The molecule has 2 aromatic heterocycles. The molecule has 3 atom stereocenters. The molecule has 0 saturated heterocycles. The Morgan fingerprint density at radius 2 is 2.00 bits per heavy atom. The zero-order valence-electron chi connectivity index (χ0n) is 16.5. The van der Waals surface area contributed by atoms with Crippen LogP contribution in [-0.2, 0) is 14.3 Å². The molecule has 3 aliphatic rings. The van der Waals surface area contributed by atoms with Gasteiger partial charge >= 0.3 is 0 Å². The summed E-state index contributed by atoms with van der Waals surface area (Å²) in [5, 5.41) is 0.398. The number of Topliss-reactive ketones (excluding diaryl/α,β-unsaturated/α-hetero) is 1. The lowest BCUT2D eigenvalue weighted by Crippen LogP contribution is -2.39. The van der Waals surface area contributed by atoms with Crippen molar-refractivity contribution in [3.8, 4) is 0 Å². The lowest BCUT2D eigenvalue weighted by Gasteiger charge is -2.35. The summed E-state index contributed by atoms with van der Waals surface area (Å²) in [5.74, 6) is -0.881. The van der Waals surface area contributed by atoms with E-state index in [2.05, 4.69) is 9.97 Å². The number of nitrogens with zero attached hydrogens (tertiary/aromatic N) is 3. The highest BCUT2D eigenvalue weighted by molar-refractivity contribution is 7.22. The number of halogens is 1. The van der Waals surface area contributed by atoms with Gasteiger partial charge in [-0.05, 0) is 49.6 Å². The highest BCUT2D eigenvalue weighted by atomic mass is 32.1. The third kappa shape index (κ3) is 2.81.